The number of aromatic nitrogens is 1. The molecule has 1 aromatic rings. The first-order valence-electron chi connectivity index (χ1n) is 7.16. The van der Waals surface area contributed by atoms with Crippen LogP contribution in [0.15, 0.2) is 30.6 Å². The Bertz CT molecular complexity index is 599. The Morgan fingerprint density at radius 2 is 2.33 bits per heavy atom. The topological polar surface area (TPSA) is 74.3 Å². The lowest BCUT2D eigenvalue weighted by atomic mass is 10.0. The molecule has 0 unspecified atom stereocenters. The van der Waals surface area contributed by atoms with Crippen LogP contribution >= 0.6 is 0 Å². The van der Waals surface area contributed by atoms with Gasteiger partial charge in [-0.15, -0.1) is 0 Å². The Hall–Kier alpha value is -2.37. The van der Waals surface area contributed by atoms with Crippen molar-refractivity contribution in [2.45, 2.75) is 31.7 Å². The van der Waals surface area contributed by atoms with Crippen molar-refractivity contribution in [1.82, 2.24) is 15.6 Å². The molecule has 3 rings (SSSR count). The molecule has 2 aliphatic rings. The van der Waals surface area contributed by atoms with Crippen molar-refractivity contribution in [3.05, 3.63) is 36.2 Å². The van der Waals surface area contributed by atoms with E-state index < -0.39 is 6.04 Å². The molecule has 2 aliphatic heterocycles. The summed E-state index contributed by atoms with van der Waals surface area (Å²) in [6.45, 7) is 4.35. The number of hydrogen-bond acceptors (Lipinski definition) is 3. The second kappa shape index (κ2) is 5.55. The summed E-state index contributed by atoms with van der Waals surface area (Å²) in [6, 6.07) is 3.10. The lowest BCUT2D eigenvalue weighted by Crippen LogP contribution is -2.54. The number of anilines is 1. The molecule has 3 heterocycles. The van der Waals surface area contributed by atoms with E-state index in [1.807, 2.05) is 12.1 Å². The van der Waals surface area contributed by atoms with Crippen LogP contribution in [0, 0.1) is 0 Å². The van der Waals surface area contributed by atoms with Gasteiger partial charge in [-0.25, -0.2) is 9.78 Å². The second-order valence-electron chi connectivity index (χ2n) is 5.37. The van der Waals surface area contributed by atoms with Crippen LogP contribution in [-0.4, -0.2) is 29.5 Å². The number of carbonyl (C=O) groups excluding carboxylic acids is 2. The van der Waals surface area contributed by atoms with Gasteiger partial charge in [-0.05, 0) is 37.3 Å². The van der Waals surface area contributed by atoms with Crippen LogP contribution in [0.1, 0.15) is 24.8 Å². The van der Waals surface area contributed by atoms with Crippen LogP contribution in [0.25, 0.3) is 0 Å². The third-order valence-corrected chi connectivity index (χ3v) is 3.85. The lowest BCUT2D eigenvalue weighted by Gasteiger charge is -2.31. The average Bonchev–Trinajstić information content (AvgIpc) is 2.49. The number of hydrogen-bond donors (Lipinski definition) is 2. The molecule has 0 aliphatic carbocycles. The quantitative estimate of drug-likeness (QED) is 0.818. The van der Waals surface area contributed by atoms with E-state index in [0.717, 1.165) is 18.4 Å². The highest BCUT2D eigenvalue weighted by molar-refractivity contribution is 5.96. The highest BCUT2D eigenvalue weighted by Crippen LogP contribution is 2.24. The fourth-order valence-electron chi connectivity index (χ4n) is 2.74. The molecule has 110 valence electrons. The Morgan fingerprint density at radius 1 is 1.48 bits per heavy atom. The first-order valence-corrected chi connectivity index (χ1v) is 7.16. The molecule has 1 fully saturated rings. The lowest BCUT2D eigenvalue weighted by molar-refractivity contribution is -0.123. The van der Waals surface area contributed by atoms with Gasteiger partial charge in [0.15, 0.2) is 0 Å². The second-order valence-corrected chi connectivity index (χ2v) is 5.37. The molecule has 0 bridgehead atoms. The summed E-state index contributed by atoms with van der Waals surface area (Å²) in [4.78, 5) is 30.2. The minimum atomic E-state index is -0.503. The van der Waals surface area contributed by atoms with Crippen LogP contribution in [0.5, 0.6) is 0 Å². The Morgan fingerprint density at radius 3 is 3.14 bits per heavy atom. The number of allylic oxidation sites excluding steroid dienone is 1. The van der Waals surface area contributed by atoms with Gasteiger partial charge >= 0.3 is 6.03 Å². The normalized spacial score (nSPS) is 21.5. The summed E-state index contributed by atoms with van der Waals surface area (Å²) >= 11 is 0. The van der Waals surface area contributed by atoms with Gasteiger partial charge in [0.25, 0.3) is 0 Å². The van der Waals surface area contributed by atoms with E-state index in [9.17, 15) is 9.59 Å². The van der Waals surface area contributed by atoms with Crippen LogP contribution in [0.4, 0.5) is 10.6 Å². The summed E-state index contributed by atoms with van der Waals surface area (Å²) in [5.74, 6) is 0.500. The number of rotatable bonds is 1. The number of nitrogens with one attached hydrogen (secondary N) is 2. The summed E-state index contributed by atoms with van der Waals surface area (Å²) in [7, 11) is 0. The highest BCUT2D eigenvalue weighted by Gasteiger charge is 2.29. The SMILES string of the molecule is C=C1CC[C@H](NC(=O)N2CCCc3cccnc32)C(=O)N1. The molecule has 0 aromatic carbocycles. The van der Waals surface area contributed by atoms with Crippen LogP contribution in [0.2, 0.25) is 0 Å². The molecule has 0 spiro atoms. The van der Waals surface area contributed by atoms with Gasteiger partial charge in [0.05, 0.1) is 0 Å². The largest absolute Gasteiger partial charge is 0.329 e. The van der Waals surface area contributed by atoms with E-state index >= 15 is 0 Å². The molecule has 6 nitrogen and oxygen atoms in total. The summed E-state index contributed by atoms with van der Waals surface area (Å²) < 4.78 is 0. The number of pyridine rings is 1. The van der Waals surface area contributed by atoms with Crippen molar-refractivity contribution in [2.75, 3.05) is 11.4 Å². The van der Waals surface area contributed by atoms with Crippen molar-refractivity contribution >= 4 is 17.8 Å². The number of aryl methyl sites for hydroxylation is 1. The Balaban J connectivity index is 1.72. The van der Waals surface area contributed by atoms with Crippen molar-refractivity contribution in [1.29, 1.82) is 0 Å². The molecular weight excluding hydrogens is 268 g/mol. The molecule has 0 saturated carbocycles. The average molecular weight is 286 g/mol. The van der Waals surface area contributed by atoms with Crippen molar-refractivity contribution < 1.29 is 9.59 Å². The molecule has 21 heavy (non-hydrogen) atoms. The maximum absolute atomic E-state index is 12.4. The van der Waals surface area contributed by atoms with E-state index in [0.29, 0.717) is 30.9 Å². The maximum Gasteiger partial charge on any atom is 0.323 e. The first kappa shape index (κ1) is 13.6. The number of fused-ring (bicyclic) bond motifs is 1. The van der Waals surface area contributed by atoms with Gasteiger partial charge in [0, 0.05) is 18.4 Å². The van der Waals surface area contributed by atoms with Crippen LogP contribution in [-0.2, 0) is 11.2 Å². The van der Waals surface area contributed by atoms with Gasteiger partial charge in [-0.1, -0.05) is 12.6 Å². The van der Waals surface area contributed by atoms with E-state index in [1.165, 1.54) is 0 Å². The zero-order valence-electron chi connectivity index (χ0n) is 11.8. The minimum Gasteiger partial charge on any atom is -0.329 e. The number of piperidine rings is 1. The third kappa shape index (κ3) is 2.74. The summed E-state index contributed by atoms with van der Waals surface area (Å²) in [5.41, 5.74) is 1.77. The Kier molecular flexibility index (Phi) is 3.60. The third-order valence-electron chi connectivity index (χ3n) is 3.85. The highest BCUT2D eigenvalue weighted by atomic mass is 16.2. The zero-order chi connectivity index (χ0) is 14.8. The van der Waals surface area contributed by atoms with Gasteiger partial charge in [0.2, 0.25) is 5.91 Å². The molecular formula is C15H18N4O2. The predicted octanol–water partition coefficient (Wildman–Crippen LogP) is 1.34. The number of carbonyl (C=O) groups is 2. The molecule has 0 radical (unpaired) electrons. The minimum absolute atomic E-state index is 0.196. The predicted molar refractivity (Wildman–Crippen MR) is 78.7 cm³/mol. The molecule has 6 heteroatoms. The Labute approximate surface area is 123 Å². The van der Waals surface area contributed by atoms with Gasteiger partial charge in [-0.2, -0.15) is 0 Å². The molecule has 1 saturated heterocycles. The van der Waals surface area contributed by atoms with E-state index in [2.05, 4.69) is 22.2 Å². The van der Waals surface area contributed by atoms with E-state index in [-0.39, 0.29) is 11.9 Å². The maximum atomic E-state index is 12.4. The number of amides is 3. The monoisotopic (exact) mass is 286 g/mol. The molecule has 1 aromatic heterocycles. The van der Waals surface area contributed by atoms with Crippen molar-refractivity contribution in [2.24, 2.45) is 0 Å². The van der Waals surface area contributed by atoms with Crippen molar-refractivity contribution in [3.8, 4) is 0 Å². The molecule has 3 amide bonds. The fraction of sp³-hybridized carbons (Fsp3) is 0.400. The molecule has 1 atom stereocenters. The summed E-state index contributed by atoms with van der Waals surface area (Å²) in [6.07, 6.45) is 4.78. The number of urea groups is 1. The van der Waals surface area contributed by atoms with Gasteiger partial charge in [-0.3, -0.25) is 9.69 Å². The zero-order valence-corrected chi connectivity index (χ0v) is 11.8. The molecule has 2 N–H and O–H groups in total. The summed E-state index contributed by atoms with van der Waals surface area (Å²) in [5, 5.41) is 5.47. The van der Waals surface area contributed by atoms with E-state index in [4.69, 9.17) is 0 Å². The van der Waals surface area contributed by atoms with Gasteiger partial charge < -0.3 is 10.6 Å². The first-order chi connectivity index (χ1) is 10.1. The van der Waals surface area contributed by atoms with Crippen LogP contribution in [0.3, 0.4) is 0 Å². The smallest absolute Gasteiger partial charge is 0.323 e. The van der Waals surface area contributed by atoms with Gasteiger partial charge in [0.1, 0.15) is 11.9 Å². The fourth-order valence-corrected chi connectivity index (χ4v) is 2.74. The van der Waals surface area contributed by atoms with E-state index in [1.54, 1.807) is 11.1 Å². The number of nitrogens with zero attached hydrogens (tertiary/aromatic N) is 2. The van der Waals surface area contributed by atoms with Crippen LogP contribution < -0.4 is 15.5 Å². The van der Waals surface area contributed by atoms with Crippen molar-refractivity contribution in [3.63, 3.8) is 0 Å². The standard InChI is InChI=1S/C15H18N4O2/c1-10-6-7-12(14(20)17-10)18-15(21)19-9-3-5-11-4-2-8-16-13(11)19/h2,4,8,12H,1,3,5-7,9H2,(H,17,20)(H,18,21)/t12-/m0/s1.